The van der Waals surface area contributed by atoms with Crippen LogP contribution in [0.25, 0.3) is 0 Å². The van der Waals surface area contributed by atoms with Crippen molar-refractivity contribution in [1.29, 1.82) is 0 Å². The molecule has 0 fully saturated rings. The van der Waals surface area contributed by atoms with E-state index in [2.05, 4.69) is 26.6 Å². The zero-order chi connectivity index (χ0) is 23.6. The maximum Gasteiger partial charge on any atom is 0.217 e. The van der Waals surface area contributed by atoms with E-state index in [1.54, 1.807) is 6.07 Å². The molecule has 0 aliphatic carbocycles. The van der Waals surface area contributed by atoms with Crippen LogP contribution in [-0.4, -0.2) is 35.3 Å². The third kappa shape index (κ3) is 6.24. The number of fused-ring (bicyclic) bond motifs is 1. The number of carbonyl (C=O) groups is 1. The number of aliphatic hydroxyl groups is 1. The largest absolute Gasteiger partial charge is 0.487 e. The van der Waals surface area contributed by atoms with Crippen molar-refractivity contribution >= 4 is 21.8 Å². The molecule has 3 N–H and O–H groups in total. The molecule has 1 amide bonds. The number of amides is 1. The minimum absolute atomic E-state index is 0.0454. The smallest absolute Gasteiger partial charge is 0.217 e. The quantitative estimate of drug-likeness (QED) is 0.518. The summed E-state index contributed by atoms with van der Waals surface area (Å²) in [5, 5.41) is 16.7. The second kappa shape index (κ2) is 9.80. The summed E-state index contributed by atoms with van der Waals surface area (Å²) in [5.41, 5.74) is 0.497. The Morgan fingerprint density at radius 3 is 2.50 bits per heavy atom. The predicted molar refractivity (Wildman–Crippen MR) is 118 cm³/mol. The lowest BCUT2D eigenvalue weighted by molar-refractivity contribution is -0.120. The molecule has 0 aromatic heterocycles. The lowest BCUT2D eigenvalue weighted by Crippen LogP contribution is -2.49. The molecule has 0 unspecified atom stereocenters. The van der Waals surface area contributed by atoms with Crippen LogP contribution in [0.15, 0.2) is 34.8 Å². The fourth-order valence-electron chi connectivity index (χ4n) is 3.96. The van der Waals surface area contributed by atoms with Gasteiger partial charge < -0.3 is 20.5 Å². The normalized spacial score (nSPS) is 18.9. The highest BCUT2D eigenvalue weighted by atomic mass is 79.9. The molecule has 174 valence electrons. The number of halogens is 4. The molecule has 1 aliphatic rings. The second-order valence-electron chi connectivity index (χ2n) is 8.69. The van der Waals surface area contributed by atoms with E-state index in [1.165, 1.54) is 25.1 Å². The van der Waals surface area contributed by atoms with Gasteiger partial charge in [0.05, 0.1) is 16.6 Å². The third-order valence-electron chi connectivity index (χ3n) is 5.31. The van der Waals surface area contributed by atoms with Gasteiger partial charge in [0.15, 0.2) is 0 Å². The summed E-state index contributed by atoms with van der Waals surface area (Å²) in [6.45, 7) is 5.17. The summed E-state index contributed by atoms with van der Waals surface area (Å²) >= 11 is 3.19. The summed E-state index contributed by atoms with van der Waals surface area (Å²) in [7, 11) is 0. The molecule has 5 nitrogen and oxygen atoms in total. The van der Waals surface area contributed by atoms with Crippen molar-refractivity contribution in [2.75, 3.05) is 6.54 Å². The van der Waals surface area contributed by atoms with Gasteiger partial charge in [0.2, 0.25) is 5.91 Å². The van der Waals surface area contributed by atoms with Crippen molar-refractivity contribution in [3.05, 3.63) is 63.4 Å². The van der Waals surface area contributed by atoms with Crippen LogP contribution in [0.3, 0.4) is 0 Å². The molecular weight excluding hydrogens is 489 g/mol. The average molecular weight is 515 g/mol. The molecule has 0 saturated carbocycles. The Morgan fingerprint density at radius 1 is 1.22 bits per heavy atom. The minimum Gasteiger partial charge on any atom is -0.487 e. The van der Waals surface area contributed by atoms with Crippen LogP contribution in [0.2, 0.25) is 0 Å². The molecule has 9 heteroatoms. The summed E-state index contributed by atoms with van der Waals surface area (Å²) in [6, 6.07) is 5.05. The van der Waals surface area contributed by atoms with Gasteiger partial charge in [-0.15, -0.1) is 0 Å². The second-order valence-corrected chi connectivity index (χ2v) is 9.54. The predicted octanol–water partition coefficient (Wildman–Crippen LogP) is 4.17. The number of hydrogen-bond acceptors (Lipinski definition) is 4. The SMILES string of the molecule is CC(=O)N[C@@H](Cc1cc(F)cc(F)c1)[C@@H](O)CN[C@H]1CC(C)(C)Oc2cc(F)c(Br)cc21. The molecule has 3 atom stereocenters. The van der Waals surface area contributed by atoms with Gasteiger partial charge in [-0.05, 0) is 60.0 Å². The number of ether oxygens (including phenoxy) is 1. The number of aliphatic hydroxyl groups excluding tert-OH is 1. The molecule has 1 heterocycles. The van der Waals surface area contributed by atoms with E-state index < -0.39 is 35.2 Å². The standard InChI is InChI=1S/C23H26BrF3N2O3/c1-12(30)29-19(6-13-4-14(25)7-15(26)5-13)21(31)11-28-20-10-23(2,3)32-22-9-18(27)17(24)8-16(20)22/h4-5,7-9,19-21,28,31H,6,10-11H2,1-3H3,(H,29,30)/t19-,20-,21-/m0/s1. The Labute approximate surface area is 193 Å². The van der Waals surface area contributed by atoms with Gasteiger partial charge >= 0.3 is 0 Å². The van der Waals surface area contributed by atoms with E-state index in [1.807, 2.05) is 13.8 Å². The van der Waals surface area contributed by atoms with E-state index in [-0.39, 0.29) is 24.9 Å². The van der Waals surface area contributed by atoms with Gasteiger partial charge in [0.25, 0.3) is 0 Å². The van der Waals surface area contributed by atoms with Gasteiger partial charge in [-0.1, -0.05) is 0 Å². The van der Waals surface area contributed by atoms with Gasteiger partial charge in [0, 0.05) is 43.6 Å². The molecule has 1 aliphatic heterocycles. The number of benzene rings is 2. The van der Waals surface area contributed by atoms with Crippen molar-refractivity contribution < 1.29 is 27.8 Å². The third-order valence-corrected chi connectivity index (χ3v) is 5.92. The molecule has 2 aromatic rings. The Kier molecular flexibility index (Phi) is 7.52. The Balaban J connectivity index is 1.76. The van der Waals surface area contributed by atoms with Gasteiger partial charge in [0.1, 0.15) is 28.8 Å². The highest BCUT2D eigenvalue weighted by Gasteiger charge is 2.35. The minimum atomic E-state index is -1.05. The van der Waals surface area contributed by atoms with Crippen molar-refractivity contribution in [1.82, 2.24) is 10.6 Å². The van der Waals surface area contributed by atoms with E-state index in [9.17, 15) is 23.1 Å². The van der Waals surface area contributed by atoms with E-state index in [0.29, 0.717) is 22.2 Å². The van der Waals surface area contributed by atoms with E-state index >= 15 is 0 Å². The van der Waals surface area contributed by atoms with Crippen LogP contribution >= 0.6 is 15.9 Å². The summed E-state index contributed by atoms with van der Waals surface area (Å²) in [4.78, 5) is 11.7. The zero-order valence-corrected chi connectivity index (χ0v) is 19.6. The summed E-state index contributed by atoms with van der Waals surface area (Å²) in [6.07, 6.45) is -0.447. The number of nitrogens with one attached hydrogen (secondary N) is 2. The van der Waals surface area contributed by atoms with Crippen LogP contribution < -0.4 is 15.4 Å². The Hall–Kier alpha value is -2.10. The van der Waals surface area contributed by atoms with Gasteiger partial charge in [-0.3, -0.25) is 4.79 Å². The monoisotopic (exact) mass is 514 g/mol. The lowest BCUT2D eigenvalue weighted by Gasteiger charge is -2.38. The van der Waals surface area contributed by atoms with E-state index in [4.69, 9.17) is 4.74 Å². The first kappa shape index (κ1) is 24.5. The van der Waals surface area contributed by atoms with Gasteiger partial charge in [-0.25, -0.2) is 13.2 Å². The maximum absolute atomic E-state index is 14.0. The first-order valence-electron chi connectivity index (χ1n) is 10.2. The summed E-state index contributed by atoms with van der Waals surface area (Å²) < 4.78 is 47.3. The van der Waals surface area contributed by atoms with E-state index in [0.717, 1.165) is 11.6 Å². The highest BCUT2D eigenvalue weighted by molar-refractivity contribution is 9.10. The van der Waals surface area contributed by atoms with Crippen LogP contribution in [0.5, 0.6) is 5.75 Å². The van der Waals surface area contributed by atoms with Crippen LogP contribution in [0.1, 0.15) is 44.4 Å². The van der Waals surface area contributed by atoms with Crippen molar-refractivity contribution in [3.63, 3.8) is 0 Å². The first-order valence-corrected chi connectivity index (χ1v) is 11.0. The number of rotatable bonds is 7. The molecule has 0 spiro atoms. The van der Waals surface area contributed by atoms with Crippen molar-refractivity contribution in [3.8, 4) is 5.75 Å². The van der Waals surface area contributed by atoms with Gasteiger partial charge in [-0.2, -0.15) is 0 Å². The molecule has 3 rings (SSSR count). The molecular formula is C23H26BrF3N2O3. The van der Waals surface area contributed by atoms with Crippen molar-refractivity contribution in [2.45, 2.75) is 57.4 Å². The van der Waals surface area contributed by atoms with Crippen molar-refractivity contribution in [2.24, 2.45) is 0 Å². The van der Waals surface area contributed by atoms with Crippen LogP contribution in [-0.2, 0) is 11.2 Å². The molecule has 0 radical (unpaired) electrons. The topological polar surface area (TPSA) is 70.6 Å². The highest BCUT2D eigenvalue weighted by Crippen LogP contribution is 2.41. The lowest BCUT2D eigenvalue weighted by atomic mass is 9.89. The number of carbonyl (C=O) groups excluding carboxylic acids is 1. The maximum atomic E-state index is 14.0. The van der Waals surface area contributed by atoms with Crippen LogP contribution in [0, 0.1) is 17.5 Å². The molecule has 0 bridgehead atoms. The fraction of sp³-hybridized carbons (Fsp3) is 0.435. The Bertz CT molecular complexity index is 982. The fourth-order valence-corrected chi connectivity index (χ4v) is 4.32. The van der Waals surface area contributed by atoms with Crippen LogP contribution in [0.4, 0.5) is 13.2 Å². The molecule has 2 aromatic carbocycles. The summed E-state index contributed by atoms with van der Waals surface area (Å²) in [5.74, 6) is -1.85. The Morgan fingerprint density at radius 2 is 1.88 bits per heavy atom. The number of hydrogen-bond donors (Lipinski definition) is 3. The first-order chi connectivity index (χ1) is 14.9. The average Bonchev–Trinajstić information content (AvgIpc) is 2.65. The molecule has 32 heavy (non-hydrogen) atoms. The molecule has 0 saturated heterocycles. The zero-order valence-electron chi connectivity index (χ0n) is 18.0.